The third kappa shape index (κ3) is 11.5. The van der Waals surface area contributed by atoms with E-state index in [2.05, 4.69) is 26.6 Å². The van der Waals surface area contributed by atoms with Gasteiger partial charge in [0, 0.05) is 28.1 Å². The van der Waals surface area contributed by atoms with E-state index >= 15 is 0 Å². The second-order valence-corrected chi connectivity index (χ2v) is 13.7. The van der Waals surface area contributed by atoms with Gasteiger partial charge in [-0.15, -0.1) is 0 Å². The van der Waals surface area contributed by atoms with Crippen LogP contribution < -0.4 is 36.1 Å². The number of phenolic OH excluding ortho intramolecular Hbond substituents is 1. The summed E-state index contributed by atoms with van der Waals surface area (Å²) in [4.78, 5) is 76.6. The molecule has 0 fully saturated rings. The number of halogens is 3. The van der Waals surface area contributed by atoms with Crippen molar-refractivity contribution in [3.05, 3.63) is 136 Å². The Morgan fingerprint density at radius 1 is 0.677 bits per heavy atom. The Balaban J connectivity index is 1.17. The molecule has 5 amide bonds. The highest BCUT2D eigenvalue weighted by molar-refractivity contribution is 6.11. The van der Waals surface area contributed by atoms with E-state index in [9.17, 15) is 62.5 Å². The zero-order valence-electron chi connectivity index (χ0n) is 34.3. The van der Waals surface area contributed by atoms with Crippen molar-refractivity contribution in [3.8, 4) is 29.1 Å². The number of phenols is 2. The van der Waals surface area contributed by atoms with Gasteiger partial charge in [-0.2, -0.15) is 18.4 Å². The molecule has 20 heteroatoms. The molecule has 0 saturated carbocycles. The number of hydrogen-bond donors (Lipinski definition) is 8. The summed E-state index contributed by atoms with van der Waals surface area (Å²) in [5.74, 6) is -7.10. The number of aromatic hydroxyl groups is 2. The molecule has 0 bridgehead atoms. The molecule has 65 heavy (non-hydrogen) atoms. The number of benzene rings is 5. The Bertz CT molecular complexity index is 2730. The number of carbonyl (C=O) groups is 6. The molecule has 0 radical (unpaired) electrons. The van der Waals surface area contributed by atoms with Crippen LogP contribution in [0.5, 0.6) is 23.0 Å². The van der Waals surface area contributed by atoms with Crippen molar-refractivity contribution in [3.63, 3.8) is 0 Å². The average Bonchev–Trinajstić information content (AvgIpc) is 3.26. The molecule has 0 aromatic heterocycles. The minimum absolute atomic E-state index is 0.0403. The zero-order chi connectivity index (χ0) is 47.6. The third-order valence-corrected chi connectivity index (χ3v) is 9.36. The number of ether oxygens (including phenoxy) is 2. The van der Waals surface area contributed by atoms with Gasteiger partial charge in [-0.3, -0.25) is 24.0 Å². The predicted octanol–water partition coefficient (Wildman–Crippen LogP) is 7.03. The second kappa shape index (κ2) is 20.3. The average molecular weight is 895 g/mol. The van der Waals surface area contributed by atoms with Crippen LogP contribution in [0.15, 0.2) is 103 Å². The summed E-state index contributed by atoms with van der Waals surface area (Å²) in [6.45, 7) is 1.48. The number of anilines is 4. The van der Waals surface area contributed by atoms with E-state index in [0.717, 1.165) is 25.3 Å². The van der Waals surface area contributed by atoms with Gasteiger partial charge in [-0.1, -0.05) is 12.1 Å². The van der Waals surface area contributed by atoms with Crippen LogP contribution in [0.1, 0.15) is 65.9 Å². The smallest absolute Gasteiger partial charge is 0.416 e. The number of aromatic carboxylic acids is 1. The topological polar surface area (TPSA) is 266 Å². The lowest BCUT2D eigenvalue weighted by atomic mass is 10.1. The quantitative estimate of drug-likeness (QED) is 0.0493. The fourth-order valence-corrected chi connectivity index (χ4v) is 5.99. The first-order valence-electron chi connectivity index (χ1n) is 18.9. The van der Waals surface area contributed by atoms with Crippen LogP contribution in [0, 0.1) is 11.3 Å². The van der Waals surface area contributed by atoms with Gasteiger partial charge < -0.3 is 51.4 Å². The van der Waals surface area contributed by atoms with Crippen molar-refractivity contribution >= 4 is 64.3 Å². The summed E-state index contributed by atoms with van der Waals surface area (Å²) in [5, 5.41) is 52.5. The number of nitriles is 1. The molecule has 0 aliphatic rings. The van der Waals surface area contributed by atoms with Gasteiger partial charge in [0.05, 0.1) is 49.2 Å². The second-order valence-electron chi connectivity index (χ2n) is 13.7. The Morgan fingerprint density at radius 2 is 1.17 bits per heavy atom. The van der Waals surface area contributed by atoms with Gasteiger partial charge in [-0.25, -0.2) is 4.79 Å². The minimum Gasteiger partial charge on any atom is -0.504 e. The lowest BCUT2D eigenvalue weighted by Gasteiger charge is -2.17. The number of nitrogens with zero attached hydrogens (tertiary/aromatic N) is 1. The Labute approximate surface area is 367 Å². The summed E-state index contributed by atoms with van der Waals surface area (Å²) >= 11 is 0. The van der Waals surface area contributed by atoms with Crippen LogP contribution in [-0.4, -0.2) is 71.1 Å². The minimum atomic E-state index is -4.49. The standard InChI is InChI=1S/C45H37F3N6O11/c1-23(22-24-4-10-27(11-5-24)45(46,47)48)39(57)50-28-12-6-26(7-13-28)41(59)54-34(20-21-49)43(61)51-29-14-8-25(9-15-29)40(58)52-32-18-16-30(35(55)37(32)64-2)42(60)53-33-19-17-31(44(62)63)36(56)38(33)65-3/h4-19,22,34,55-56H,20H2,1-3H3,(H,50,57)(H,51,61)(H,52,58)(H,53,60)(H,54,59)(H,62,63)/b23-22+. The molecule has 0 spiro atoms. The number of amides is 5. The van der Waals surface area contributed by atoms with Crippen LogP contribution in [0.4, 0.5) is 35.9 Å². The van der Waals surface area contributed by atoms with Gasteiger partial charge in [0.15, 0.2) is 23.0 Å². The van der Waals surface area contributed by atoms with E-state index in [1.54, 1.807) is 0 Å². The first-order chi connectivity index (χ1) is 30.8. The Morgan fingerprint density at radius 3 is 1.68 bits per heavy atom. The largest absolute Gasteiger partial charge is 0.504 e. The molecule has 334 valence electrons. The third-order valence-electron chi connectivity index (χ3n) is 9.36. The van der Waals surface area contributed by atoms with Crippen molar-refractivity contribution < 1.29 is 66.7 Å². The SMILES string of the molecule is COc1c(NC(=O)c2ccc(NC(=O)c3ccc(NC(=O)C(CC#N)NC(=O)c4ccc(NC(=O)/C(C)=C/c5ccc(C(F)(F)F)cc5)cc4)cc3)c(OC)c2O)ccc(C(=O)O)c1O. The Kier molecular flexibility index (Phi) is 14.8. The van der Waals surface area contributed by atoms with Crippen molar-refractivity contribution in [1.82, 2.24) is 5.32 Å². The number of carboxylic acids is 1. The number of rotatable bonds is 15. The van der Waals surface area contributed by atoms with Crippen LogP contribution >= 0.6 is 0 Å². The van der Waals surface area contributed by atoms with E-state index in [-0.39, 0.29) is 50.8 Å². The highest BCUT2D eigenvalue weighted by atomic mass is 19.4. The van der Waals surface area contributed by atoms with Gasteiger partial charge in [0.1, 0.15) is 11.6 Å². The predicted molar refractivity (Wildman–Crippen MR) is 229 cm³/mol. The maximum atomic E-state index is 13.2. The summed E-state index contributed by atoms with van der Waals surface area (Å²) in [5.41, 5.74) is -0.551. The van der Waals surface area contributed by atoms with Crippen molar-refractivity contribution in [2.45, 2.75) is 25.6 Å². The molecule has 5 rings (SSSR count). The van der Waals surface area contributed by atoms with Crippen molar-refractivity contribution in [1.29, 1.82) is 5.26 Å². The van der Waals surface area contributed by atoms with Gasteiger partial charge >= 0.3 is 12.1 Å². The van der Waals surface area contributed by atoms with Gasteiger partial charge in [-0.05, 0) is 103 Å². The molecule has 1 unspecified atom stereocenters. The number of methoxy groups -OCH3 is 2. The lowest BCUT2D eigenvalue weighted by Crippen LogP contribution is -2.43. The Hall–Kier alpha value is -8.86. The fourth-order valence-electron chi connectivity index (χ4n) is 5.99. The molecule has 8 N–H and O–H groups in total. The van der Waals surface area contributed by atoms with Gasteiger partial charge in [0.2, 0.25) is 5.91 Å². The zero-order valence-corrected chi connectivity index (χ0v) is 34.3. The molecule has 5 aromatic carbocycles. The first kappa shape index (κ1) is 47.2. The number of carboxylic acid groups (broad SMARTS) is 1. The number of alkyl halides is 3. The lowest BCUT2D eigenvalue weighted by molar-refractivity contribution is -0.137. The van der Waals surface area contributed by atoms with Crippen molar-refractivity contribution in [2.75, 3.05) is 35.5 Å². The summed E-state index contributed by atoms with van der Waals surface area (Å²) < 4.78 is 48.9. The molecule has 5 aromatic rings. The van der Waals surface area contributed by atoms with Crippen LogP contribution in [0.25, 0.3) is 6.08 Å². The van der Waals surface area contributed by atoms with E-state index in [0.29, 0.717) is 11.3 Å². The maximum absolute atomic E-state index is 13.2. The molecule has 0 aliphatic carbocycles. The van der Waals surface area contributed by atoms with E-state index in [4.69, 9.17) is 9.47 Å². The fraction of sp³-hybridized carbons (Fsp3) is 0.133. The number of carbonyl (C=O) groups excluding carboxylic acids is 5. The molecule has 1 atom stereocenters. The summed E-state index contributed by atoms with van der Waals surface area (Å²) in [7, 11) is 2.32. The van der Waals surface area contributed by atoms with Gasteiger partial charge in [0.25, 0.3) is 23.6 Å². The first-order valence-corrected chi connectivity index (χ1v) is 18.9. The summed E-state index contributed by atoms with van der Waals surface area (Å²) in [6.07, 6.45) is -3.50. The molecule has 0 aliphatic heterocycles. The van der Waals surface area contributed by atoms with E-state index in [1.807, 2.05) is 6.07 Å². The molecule has 0 heterocycles. The molecular weight excluding hydrogens is 858 g/mol. The van der Waals surface area contributed by atoms with Crippen LogP contribution in [-0.2, 0) is 15.8 Å². The number of hydrogen-bond acceptors (Lipinski definition) is 11. The van der Waals surface area contributed by atoms with E-state index in [1.165, 1.54) is 99.0 Å². The summed E-state index contributed by atoms with van der Waals surface area (Å²) in [6, 6.07) is 20.5. The molecule has 17 nitrogen and oxygen atoms in total. The maximum Gasteiger partial charge on any atom is 0.416 e. The van der Waals surface area contributed by atoms with Crippen LogP contribution in [0.2, 0.25) is 0 Å². The van der Waals surface area contributed by atoms with Crippen LogP contribution in [0.3, 0.4) is 0 Å². The molecular formula is C45H37F3N6O11. The highest BCUT2D eigenvalue weighted by Crippen LogP contribution is 2.40. The highest BCUT2D eigenvalue weighted by Gasteiger charge is 2.30. The number of nitrogens with one attached hydrogen (secondary N) is 5. The normalized spacial score (nSPS) is 11.6. The molecule has 0 saturated heterocycles. The van der Waals surface area contributed by atoms with E-state index < -0.39 is 76.8 Å². The van der Waals surface area contributed by atoms with Crippen molar-refractivity contribution in [2.24, 2.45) is 0 Å². The monoisotopic (exact) mass is 894 g/mol.